The van der Waals surface area contributed by atoms with Crippen LogP contribution in [0.2, 0.25) is 0 Å². The second-order valence-electron chi connectivity index (χ2n) is 8.85. The number of aromatic nitrogens is 2. The summed E-state index contributed by atoms with van der Waals surface area (Å²) in [6.45, 7) is 7.12. The number of nitrogens with one attached hydrogen (secondary N) is 1. The molecule has 1 fully saturated rings. The number of amides is 1. The maximum atomic E-state index is 13.6. The Morgan fingerprint density at radius 2 is 1.70 bits per heavy atom. The predicted octanol–water partition coefficient (Wildman–Crippen LogP) is 5.67. The molecule has 1 aromatic heterocycles. The Kier molecular flexibility index (Phi) is 5.83. The molecule has 1 aliphatic heterocycles. The van der Waals surface area contributed by atoms with Crippen LogP contribution in [0.25, 0.3) is 11.3 Å². The fourth-order valence-electron chi connectivity index (χ4n) is 5.22. The number of hydrogen-bond donors (Lipinski definition) is 1. The minimum atomic E-state index is -0.208. The highest BCUT2D eigenvalue weighted by atomic mass is 16.5. The summed E-state index contributed by atoms with van der Waals surface area (Å²) in [5.41, 5.74) is 5.64. The van der Waals surface area contributed by atoms with Crippen LogP contribution in [0.15, 0.2) is 42.5 Å². The molecular formula is C27H31N3O3. The van der Waals surface area contributed by atoms with Crippen molar-refractivity contribution in [3.8, 4) is 22.8 Å². The van der Waals surface area contributed by atoms with Gasteiger partial charge in [0, 0.05) is 17.2 Å². The second-order valence-corrected chi connectivity index (χ2v) is 8.85. The number of nitrogens with zero attached hydrogens (tertiary/aromatic N) is 2. The lowest BCUT2D eigenvalue weighted by Crippen LogP contribution is -2.37. The first-order valence-electron chi connectivity index (χ1n) is 12.0. The van der Waals surface area contributed by atoms with Gasteiger partial charge in [0.1, 0.15) is 5.69 Å². The summed E-state index contributed by atoms with van der Waals surface area (Å²) in [6.07, 6.45) is 4.39. The molecular weight excluding hydrogens is 414 g/mol. The van der Waals surface area contributed by atoms with Crippen molar-refractivity contribution in [2.75, 3.05) is 13.2 Å². The van der Waals surface area contributed by atoms with Crippen molar-refractivity contribution in [3.05, 3.63) is 64.8 Å². The Morgan fingerprint density at radius 1 is 1.00 bits per heavy atom. The van der Waals surface area contributed by atoms with Gasteiger partial charge in [0.2, 0.25) is 0 Å². The summed E-state index contributed by atoms with van der Waals surface area (Å²) in [6, 6.07) is 14.4. The Morgan fingerprint density at radius 3 is 2.39 bits per heavy atom. The SMILES string of the molecule is CCOc1ccc(C2c3c(-c4ccc(C)cc4)n[nH]c3C(=O)N2C2CCCC2)cc1OCC. The zero-order valence-electron chi connectivity index (χ0n) is 19.6. The number of aryl methyl sites for hydroxylation is 1. The summed E-state index contributed by atoms with van der Waals surface area (Å²) in [4.78, 5) is 15.7. The van der Waals surface area contributed by atoms with E-state index in [9.17, 15) is 4.79 Å². The highest BCUT2D eigenvalue weighted by Gasteiger charge is 2.45. The van der Waals surface area contributed by atoms with Crippen molar-refractivity contribution in [2.45, 2.75) is 58.5 Å². The zero-order chi connectivity index (χ0) is 22.9. The molecule has 1 aliphatic carbocycles. The number of rotatable bonds is 7. The van der Waals surface area contributed by atoms with Crippen LogP contribution < -0.4 is 9.47 Å². The molecule has 2 heterocycles. The highest BCUT2D eigenvalue weighted by molar-refractivity contribution is 6.00. The highest BCUT2D eigenvalue weighted by Crippen LogP contribution is 2.47. The molecule has 2 aromatic carbocycles. The van der Waals surface area contributed by atoms with Crippen LogP contribution in [0.1, 0.15) is 72.8 Å². The normalized spacial score (nSPS) is 18.1. The van der Waals surface area contributed by atoms with E-state index in [-0.39, 0.29) is 18.0 Å². The van der Waals surface area contributed by atoms with Gasteiger partial charge >= 0.3 is 0 Å². The molecule has 6 nitrogen and oxygen atoms in total. The van der Waals surface area contributed by atoms with Crippen molar-refractivity contribution in [1.29, 1.82) is 0 Å². The van der Waals surface area contributed by atoms with Crippen molar-refractivity contribution in [2.24, 2.45) is 0 Å². The molecule has 0 radical (unpaired) electrons. The molecule has 1 saturated carbocycles. The van der Waals surface area contributed by atoms with Gasteiger partial charge in [0.05, 0.1) is 24.9 Å². The third-order valence-corrected chi connectivity index (χ3v) is 6.73. The van der Waals surface area contributed by atoms with E-state index in [1.54, 1.807) is 0 Å². The molecule has 0 spiro atoms. The average molecular weight is 446 g/mol. The number of H-pyrrole nitrogens is 1. The Labute approximate surface area is 194 Å². The van der Waals surface area contributed by atoms with Gasteiger partial charge in [-0.1, -0.05) is 48.7 Å². The van der Waals surface area contributed by atoms with Crippen LogP contribution in [0, 0.1) is 6.92 Å². The maximum absolute atomic E-state index is 13.6. The lowest BCUT2D eigenvalue weighted by Gasteiger charge is -2.32. The van der Waals surface area contributed by atoms with Gasteiger partial charge < -0.3 is 14.4 Å². The predicted molar refractivity (Wildman–Crippen MR) is 128 cm³/mol. The average Bonchev–Trinajstić information content (AvgIpc) is 3.54. The van der Waals surface area contributed by atoms with Crippen LogP contribution in [-0.4, -0.2) is 40.3 Å². The minimum absolute atomic E-state index is 0.0413. The monoisotopic (exact) mass is 445 g/mol. The van der Waals surface area contributed by atoms with Gasteiger partial charge in [-0.2, -0.15) is 5.10 Å². The molecule has 2 aliphatic rings. The molecule has 0 bridgehead atoms. The lowest BCUT2D eigenvalue weighted by molar-refractivity contribution is 0.0660. The van der Waals surface area contributed by atoms with Gasteiger partial charge in [-0.15, -0.1) is 0 Å². The third-order valence-electron chi connectivity index (χ3n) is 6.73. The maximum Gasteiger partial charge on any atom is 0.273 e. The molecule has 1 unspecified atom stereocenters. The van der Waals surface area contributed by atoms with E-state index in [4.69, 9.17) is 9.47 Å². The number of ether oxygens (including phenoxy) is 2. The molecule has 33 heavy (non-hydrogen) atoms. The molecule has 172 valence electrons. The minimum Gasteiger partial charge on any atom is -0.490 e. The van der Waals surface area contributed by atoms with Crippen LogP contribution >= 0.6 is 0 Å². The molecule has 6 heteroatoms. The van der Waals surface area contributed by atoms with E-state index in [1.165, 1.54) is 5.56 Å². The summed E-state index contributed by atoms with van der Waals surface area (Å²) < 4.78 is 11.7. The molecule has 1 N–H and O–H groups in total. The number of carbonyl (C=O) groups is 1. The molecule has 1 amide bonds. The van der Waals surface area contributed by atoms with E-state index in [0.29, 0.717) is 24.7 Å². The molecule has 3 aromatic rings. The second kappa shape index (κ2) is 8.93. The van der Waals surface area contributed by atoms with Gasteiger partial charge in [-0.3, -0.25) is 9.89 Å². The van der Waals surface area contributed by atoms with Gasteiger partial charge in [-0.25, -0.2) is 0 Å². The van der Waals surface area contributed by atoms with Gasteiger partial charge in [0.25, 0.3) is 5.91 Å². The number of hydrogen-bond acceptors (Lipinski definition) is 4. The Balaban J connectivity index is 1.65. The van der Waals surface area contributed by atoms with Crippen molar-refractivity contribution >= 4 is 5.91 Å². The topological polar surface area (TPSA) is 67.5 Å². The fraction of sp³-hybridized carbons (Fsp3) is 0.407. The van der Waals surface area contributed by atoms with Crippen molar-refractivity contribution in [3.63, 3.8) is 0 Å². The van der Waals surface area contributed by atoms with Crippen LogP contribution in [0.5, 0.6) is 11.5 Å². The van der Waals surface area contributed by atoms with Crippen LogP contribution in [0.3, 0.4) is 0 Å². The van der Waals surface area contributed by atoms with Gasteiger partial charge in [0.15, 0.2) is 11.5 Å². The summed E-state index contributed by atoms with van der Waals surface area (Å²) in [5.74, 6) is 1.48. The van der Waals surface area contributed by atoms with E-state index in [1.807, 2.05) is 26.0 Å². The summed E-state index contributed by atoms with van der Waals surface area (Å²) in [5, 5.41) is 7.68. The number of benzene rings is 2. The Bertz CT molecular complexity index is 1150. The van der Waals surface area contributed by atoms with E-state index in [0.717, 1.165) is 53.8 Å². The summed E-state index contributed by atoms with van der Waals surface area (Å²) >= 11 is 0. The first-order chi connectivity index (χ1) is 16.1. The number of carbonyl (C=O) groups excluding carboxylic acids is 1. The molecule has 5 rings (SSSR count). The van der Waals surface area contributed by atoms with Crippen LogP contribution in [-0.2, 0) is 0 Å². The van der Waals surface area contributed by atoms with Gasteiger partial charge in [-0.05, 0) is 51.3 Å². The zero-order valence-corrected chi connectivity index (χ0v) is 19.6. The first kappa shape index (κ1) is 21.6. The third kappa shape index (κ3) is 3.77. The van der Waals surface area contributed by atoms with E-state index in [2.05, 4.69) is 52.4 Å². The molecule has 0 saturated heterocycles. The molecule has 1 atom stereocenters. The fourth-order valence-corrected chi connectivity index (χ4v) is 5.22. The number of aromatic amines is 1. The summed E-state index contributed by atoms with van der Waals surface area (Å²) in [7, 11) is 0. The lowest BCUT2D eigenvalue weighted by atomic mass is 9.94. The van der Waals surface area contributed by atoms with Crippen LogP contribution in [0.4, 0.5) is 0 Å². The first-order valence-corrected chi connectivity index (χ1v) is 12.0. The quantitative estimate of drug-likeness (QED) is 0.509. The smallest absolute Gasteiger partial charge is 0.273 e. The Hall–Kier alpha value is -3.28. The largest absolute Gasteiger partial charge is 0.490 e. The van der Waals surface area contributed by atoms with E-state index < -0.39 is 0 Å². The van der Waals surface area contributed by atoms with Crippen molar-refractivity contribution < 1.29 is 14.3 Å². The standard InChI is InChI=1S/C27H31N3O3/c1-4-32-21-15-14-19(16-22(21)33-5-2)26-23-24(18-12-10-17(3)11-13-18)28-29-25(23)27(31)30(26)20-8-6-7-9-20/h10-16,20,26H,4-9H2,1-3H3,(H,28,29). The van der Waals surface area contributed by atoms with Crippen molar-refractivity contribution in [1.82, 2.24) is 15.1 Å². The number of fused-ring (bicyclic) bond motifs is 1. The van der Waals surface area contributed by atoms with E-state index >= 15 is 0 Å².